The van der Waals surface area contributed by atoms with Crippen molar-refractivity contribution in [3.63, 3.8) is 0 Å². The summed E-state index contributed by atoms with van der Waals surface area (Å²) in [5.41, 5.74) is 0.0174. The summed E-state index contributed by atoms with van der Waals surface area (Å²) in [5.74, 6) is -2.15. The lowest BCUT2D eigenvalue weighted by molar-refractivity contribution is 0.0525. The van der Waals surface area contributed by atoms with Gasteiger partial charge in [0.15, 0.2) is 21.3 Å². The van der Waals surface area contributed by atoms with Gasteiger partial charge in [-0.3, -0.25) is 0 Å². The van der Waals surface area contributed by atoms with Crippen molar-refractivity contribution in [3.05, 3.63) is 23.3 Å². The molecule has 6 nitrogen and oxygen atoms in total. The number of phenols is 2. The third-order valence-electron chi connectivity index (χ3n) is 2.11. The van der Waals surface area contributed by atoms with Crippen LogP contribution in [0.4, 0.5) is 0 Å². The van der Waals surface area contributed by atoms with Gasteiger partial charge in [0, 0.05) is 6.26 Å². The summed E-state index contributed by atoms with van der Waals surface area (Å²) in [7, 11) is -3.38. The van der Waals surface area contributed by atoms with Gasteiger partial charge >= 0.3 is 5.97 Å². The summed E-state index contributed by atoms with van der Waals surface area (Å²) in [4.78, 5) is 11.6. The fourth-order valence-electron chi connectivity index (χ4n) is 1.42. The van der Waals surface area contributed by atoms with Crippen LogP contribution in [0.25, 0.3) is 0 Å². The van der Waals surface area contributed by atoms with Gasteiger partial charge < -0.3 is 14.9 Å². The Labute approximate surface area is 105 Å². The normalized spacial score (nSPS) is 11.2. The third-order valence-corrected chi connectivity index (χ3v) is 2.95. The molecule has 0 radical (unpaired) electrons. The van der Waals surface area contributed by atoms with Gasteiger partial charge in [0.05, 0.1) is 17.9 Å². The molecule has 0 spiro atoms. The number of esters is 1. The molecule has 0 heterocycles. The Bertz CT molecular complexity index is 561. The summed E-state index contributed by atoms with van der Waals surface area (Å²) in [5, 5.41) is 18.7. The smallest absolute Gasteiger partial charge is 0.338 e. The Morgan fingerprint density at radius 2 is 1.83 bits per heavy atom. The lowest BCUT2D eigenvalue weighted by Gasteiger charge is -2.09. The first-order valence-electron chi connectivity index (χ1n) is 5.14. The number of hydrogen-bond acceptors (Lipinski definition) is 6. The second kappa shape index (κ2) is 5.26. The van der Waals surface area contributed by atoms with Crippen molar-refractivity contribution in [2.45, 2.75) is 12.7 Å². The van der Waals surface area contributed by atoms with E-state index in [1.54, 1.807) is 6.92 Å². The van der Waals surface area contributed by atoms with Crippen LogP contribution in [0.1, 0.15) is 22.8 Å². The summed E-state index contributed by atoms with van der Waals surface area (Å²) < 4.78 is 27.2. The quantitative estimate of drug-likeness (QED) is 0.622. The van der Waals surface area contributed by atoms with E-state index in [0.717, 1.165) is 18.4 Å². The van der Waals surface area contributed by atoms with Crippen molar-refractivity contribution < 1.29 is 28.2 Å². The maximum absolute atomic E-state index is 11.6. The van der Waals surface area contributed by atoms with Crippen LogP contribution >= 0.6 is 0 Å². The van der Waals surface area contributed by atoms with E-state index in [2.05, 4.69) is 0 Å². The molecule has 0 saturated carbocycles. The molecule has 0 aromatic heterocycles. The maximum Gasteiger partial charge on any atom is 0.338 e. The Morgan fingerprint density at radius 1 is 1.28 bits per heavy atom. The summed E-state index contributed by atoms with van der Waals surface area (Å²) in [6.45, 7) is 1.73. The molecule has 0 amide bonds. The molecular formula is C11H14O6S. The first-order chi connectivity index (χ1) is 8.24. The third kappa shape index (κ3) is 3.63. The highest BCUT2D eigenvalue weighted by Gasteiger charge is 2.19. The van der Waals surface area contributed by atoms with Crippen molar-refractivity contribution >= 4 is 15.8 Å². The van der Waals surface area contributed by atoms with Gasteiger partial charge in [-0.25, -0.2) is 13.2 Å². The van der Waals surface area contributed by atoms with Crippen molar-refractivity contribution in [1.82, 2.24) is 0 Å². The van der Waals surface area contributed by atoms with Crippen LogP contribution in [0.3, 0.4) is 0 Å². The number of ether oxygens (including phenoxy) is 1. The van der Waals surface area contributed by atoms with Crippen LogP contribution < -0.4 is 0 Å². The molecule has 7 heteroatoms. The van der Waals surface area contributed by atoms with Crippen LogP contribution in [0, 0.1) is 0 Å². The van der Waals surface area contributed by atoms with Gasteiger partial charge in [-0.1, -0.05) is 0 Å². The fourth-order valence-corrected chi connectivity index (χ4v) is 2.22. The van der Waals surface area contributed by atoms with Gasteiger partial charge in [-0.2, -0.15) is 0 Å². The topological polar surface area (TPSA) is 101 Å². The van der Waals surface area contributed by atoms with Gasteiger partial charge in [-0.15, -0.1) is 0 Å². The number of aromatic hydroxyl groups is 2. The lowest BCUT2D eigenvalue weighted by Crippen LogP contribution is -2.11. The number of benzene rings is 1. The Balaban J connectivity index is 3.29. The molecule has 2 N–H and O–H groups in total. The Hall–Kier alpha value is -1.76. The largest absolute Gasteiger partial charge is 0.504 e. The van der Waals surface area contributed by atoms with Gasteiger partial charge in [-0.05, 0) is 24.6 Å². The van der Waals surface area contributed by atoms with Gasteiger partial charge in [0.1, 0.15) is 0 Å². The molecule has 0 atom stereocenters. The van der Waals surface area contributed by atoms with Crippen LogP contribution in [0.2, 0.25) is 0 Å². The van der Waals surface area contributed by atoms with Gasteiger partial charge in [0.2, 0.25) is 0 Å². The summed E-state index contributed by atoms with van der Waals surface area (Å²) in [6.07, 6.45) is 1.01. The molecule has 18 heavy (non-hydrogen) atoms. The van der Waals surface area contributed by atoms with Crippen molar-refractivity contribution in [2.24, 2.45) is 0 Å². The minimum Gasteiger partial charge on any atom is -0.504 e. The minimum absolute atomic E-state index is 0.0717. The lowest BCUT2D eigenvalue weighted by atomic mass is 10.1. The van der Waals surface area contributed by atoms with E-state index in [1.807, 2.05) is 0 Å². The van der Waals surface area contributed by atoms with E-state index >= 15 is 0 Å². The van der Waals surface area contributed by atoms with E-state index in [-0.39, 0.29) is 17.7 Å². The molecule has 1 rings (SSSR count). The Morgan fingerprint density at radius 3 is 2.33 bits per heavy atom. The highest BCUT2D eigenvalue weighted by atomic mass is 32.2. The van der Waals surface area contributed by atoms with E-state index in [1.165, 1.54) is 0 Å². The molecule has 1 aromatic carbocycles. The monoisotopic (exact) mass is 274 g/mol. The second-order valence-electron chi connectivity index (χ2n) is 3.79. The SMILES string of the molecule is CCOC(=O)c1cc(O)c(O)cc1CS(C)(=O)=O. The number of carbonyl (C=O) groups is 1. The zero-order valence-corrected chi connectivity index (χ0v) is 10.8. The average molecular weight is 274 g/mol. The highest BCUT2D eigenvalue weighted by molar-refractivity contribution is 7.89. The average Bonchev–Trinajstić information content (AvgIpc) is 2.21. The van der Waals surface area contributed by atoms with E-state index in [9.17, 15) is 23.4 Å². The molecule has 0 bridgehead atoms. The maximum atomic E-state index is 11.6. The number of rotatable bonds is 4. The number of carbonyl (C=O) groups excluding carboxylic acids is 1. The van der Waals surface area contributed by atoms with Crippen LogP contribution in [-0.2, 0) is 20.3 Å². The first-order valence-corrected chi connectivity index (χ1v) is 7.20. The zero-order chi connectivity index (χ0) is 13.9. The molecule has 0 aliphatic carbocycles. The highest BCUT2D eigenvalue weighted by Crippen LogP contribution is 2.29. The summed E-state index contributed by atoms with van der Waals surface area (Å²) >= 11 is 0. The zero-order valence-electron chi connectivity index (χ0n) is 10.0. The predicted molar refractivity (Wildman–Crippen MR) is 64.3 cm³/mol. The molecule has 0 aliphatic heterocycles. The van der Waals surface area contributed by atoms with Crippen molar-refractivity contribution in [2.75, 3.05) is 12.9 Å². The molecule has 100 valence electrons. The van der Waals surface area contributed by atoms with Gasteiger partial charge in [0.25, 0.3) is 0 Å². The molecule has 0 saturated heterocycles. The standard InChI is InChI=1S/C11H14O6S/c1-3-17-11(14)8-5-10(13)9(12)4-7(8)6-18(2,15)16/h4-5,12-13H,3,6H2,1-2H3. The van der Waals surface area contributed by atoms with Crippen LogP contribution in [-0.4, -0.2) is 37.5 Å². The minimum atomic E-state index is -3.38. The second-order valence-corrected chi connectivity index (χ2v) is 5.93. The predicted octanol–water partition coefficient (Wildman–Crippen LogP) is 0.819. The van der Waals surface area contributed by atoms with Crippen LogP contribution in [0.15, 0.2) is 12.1 Å². The Kier molecular flexibility index (Phi) is 4.18. The van der Waals surface area contributed by atoms with Crippen molar-refractivity contribution in [3.8, 4) is 11.5 Å². The molecule has 1 aromatic rings. The number of phenolic OH excluding ortho intramolecular Hbond substituents is 2. The molecule has 0 fully saturated rings. The molecule has 0 aliphatic rings. The summed E-state index contributed by atoms with van der Waals surface area (Å²) in [6, 6.07) is 2.04. The van der Waals surface area contributed by atoms with E-state index in [0.29, 0.717) is 0 Å². The fraction of sp³-hybridized carbons (Fsp3) is 0.364. The molecule has 0 unspecified atom stereocenters. The number of hydrogen-bond donors (Lipinski definition) is 2. The van der Waals surface area contributed by atoms with Crippen LogP contribution in [0.5, 0.6) is 11.5 Å². The van der Waals surface area contributed by atoms with E-state index < -0.39 is 33.1 Å². The molecular weight excluding hydrogens is 260 g/mol. The first kappa shape index (κ1) is 14.3. The van der Waals surface area contributed by atoms with E-state index in [4.69, 9.17) is 4.74 Å². The number of sulfone groups is 1. The van der Waals surface area contributed by atoms with Crippen molar-refractivity contribution in [1.29, 1.82) is 0 Å².